The molecule has 2 amide bonds. The van der Waals surface area contributed by atoms with Crippen molar-refractivity contribution < 1.29 is 28.6 Å². The van der Waals surface area contributed by atoms with Crippen LogP contribution in [-0.2, 0) is 32.2 Å². The number of ether oxygens (including phenoxy) is 2. The summed E-state index contributed by atoms with van der Waals surface area (Å²) in [7, 11) is 0. The number of aliphatic hydroxyl groups is 1. The SMILES string of the molecule is Nc1ccccc1NC(=O)CCCCCCC(=O)NCc1cccc(-c2cccc([C@@H]3O[C@H](CSc4nc(-c5ccccc5)c(-c5ccccc5)o4)C[C@H](c4ccc(CO)cc4)O3)c2)c1. The zero-order valence-electron chi connectivity index (χ0n) is 36.2. The maximum atomic E-state index is 12.8. The number of nitrogen functional groups attached to an aromatic ring is 1. The Kier molecular flexibility index (Phi) is 15.5. The average Bonchev–Trinajstić information content (AvgIpc) is 3.79. The summed E-state index contributed by atoms with van der Waals surface area (Å²) in [6, 6.07) is 51.7. The van der Waals surface area contributed by atoms with Gasteiger partial charge in [-0.2, -0.15) is 0 Å². The van der Waals surface area contributed by atoms with E-state index in [0.717, 1.165) is 81.6 Å². The van der Waals surface area contributed by atoms with Crippen LogP contribution in [0.3, 0.4) is 0 Å². The summed E-state index contributed by atoms with van der Waals surface area (Å²) in [6.45, 7) is 0.393. The average molecular weight is 887 g/mol. The van der Waals surface area contributed by atoms with Crippen LogP contribution in [0.4, 0.5) is 11.4 Å². The third-order valence-corrected chi connectivity index (χ3v) is 12.4. The number of hydrogen-bond acceptors (Lipinski definition) is 9. The van der Waals surface area contributed by atoms with Crippen LogP contribution in [-0.4, -0.2) is 33.8 Å². The highest BCUT2D eigenvalue weighted by atomic mass is 32.2. The summed E-state index contributed by atoms with van der Waals surface area (Å²) in [4.78, 5) is 30.1. The third kappa shape index (κ3) is 12.4. The highest BCUT2D eigenvalue weighted by Crippen LogP contribution is 2.42. The number of oxazole rings is 1. The summed E-state index contributed by atoms with van der Waals surface area (Å²) in [5.41, 5.74) is 15.6. The molecule has 11 heteroatoms. The van der Waals surface area contributed by atoms with Crippen LogP contribution in [0.25, 0.3) is 33.7 Å². The Balaban J connectivity index is 0.887. The highest BCUT2D eigenvalue weighted by Gasteiger charge is 2.33. The Morgan fingerprint density at radius 3 is 2.06 bits per heavy atom. The molecule has 2 heterocycles. The monoisotopic (exact) mass is 886 g/mol. The second-order valence-electron chi connectivity index (χ2n) is 16.2. The van der Waals surface area contributed by atoms with Crippen molar-refractivity contribution in [3.63, 3.8) is 0 Å². The number of anilines is 2. The molecule has 0 radical (unpaired) electrons. The molecule has 3 atom stereocenters. The maximum Gasteiger partial charge on any atom is 0.256 e. The van der Waals surface area contributed by atoms with E-state index in [2.05, 4.69) is 34.9 Å². The lowest BCUT2D eigenvalue weighted by atomic mass is 9.99. The van der Waals surface area contributed by atoms with Gasteiger partial charge in [0.15, 0.2) is 12.1 Å². The molecule has 1 fully saturated rings. The lowest BCUT2D eigenvalue weighted by Crippen LogP contribution is -2.31. The lowest BCUT2D eigenvalue weighted by molar-refractivity contribution is -0.245. The van der Waals surface area contributed by atoms with Crippen LogP contribution in [0.2, 0.25) is 0 Å². The van der Waals surface area contributed by atoms with Gasteiger partial charge in [0.2, 0.25) is 11.8 Å². The second-order valence-corrected chi connectivity index (χ2v) is 17.2. The number of aromatic nitrogens is 1. The number of nitrogens with zero attached hydrogens (tertiary/aromatic N) is 1. The number of benzene rings is 6. The van der Waals surface area contributed by atoms with Crippen LogP contribution in [0.5, 0.6) is 0 Å². The van der Waals surface area contributed by atoms with Crippen LogP contribution in [0.1, 0.15) is 79.6 Å². The van der Waals surface area contributed by atoms with Crippen molar-refractivity contribution in [3.05, 3.63) is 180 Å². The van der Waals surface area contributed by atoms with Gasteiger partial charge in [0.05, 0.1) is 30.2 Å². The third-order valence-electron chi connectivity index (χ3n) is 11.4. The van der Waals surface area contributed by atoms with E-state index in [0.29, 0.717) is 48.2 Å². The summed E-state index contributed by atoms with van der Waals surface area (Å²) in [5.74, 6) is 1.27. The molecule has 8 rings (SSSR count). The number of amides is 2. The van der Waals surface area contributed by atoms with Crippen molar-refractivity contribution in [2.24, 2.45) is 0 Å². The molecule has 332 valence electrons. The molecule has 0 aliphatic carbocycles. The molecular formula is C54H54N4O6S. The minimum Gasteiger partial charge on any atom is -0.431 e. The van der Waals surface area contributed by atoms with Crippen molar-refractivity contribution in [2.75, 3.05) is 16.8 Å². The molecule has 1 aliphatic heterocycles. The number of aliphatic hydroxyl groups excluding tert-OH is 1. The molecule has 0 saturated carbocycles. The van der Waals surface area contributed by atoms with Crippen molar-refractivity contribution in [1.82, 2.24) is 10.3 Å². The summed E-state index contributed by atoms with van der Waals surface area (Å²) in [6.07, 6.45) is 3.63. The number of thioether (sulfide) groups is 1. The van der Waals surface area contributed by atoms with E-state index < -0.39 is 6.29 Å². The van der Waals surface area contributed by atoms with E-state index >= 15 is 0 Å². The fourth-order valence-electron chi connectivity index (χ4n) is 7.89. The Hall–Kier alpha value is -6.50. The van der Waals surface area contributed by atoms with Gasteiger partial charge in [-0.15, -0.1) is 0 Å². The second kappa shape index (κ2) is 22.4. The Morgan fingerprint density at radius 1 is 0.662 bits per heavy atom. The van der Waals surface area contributed by atoms with Crippen LogP contribution >= 0.6 is 11.8 Å². The molecule has 0 unspecified atom stereocenters. The maximum absolute atomic E-state index is 12.8. The Morgan fingerprint density at radius 2 is 1.32 bits per heavy atom. The van der Waals surface area contributed by atoms with Gasteiger partial charge in [0.25, 0.3) is 5.22 Å². The predicted octanol–water partition coefficient (Wildman–Crippen LogP) is 11.7. The molecule has 1 aromatic heterocycles. The van der Waals surface area contributed by atoms with Crippen LogP contribution in [0, 0.1) is 0 Å². The normalized spacial score (nSPS) is 15.9. The largest absolute Gasteiger partial charge is 0.431 e. The zero-order chi connectivity index (χ0) is 44.8. The molecule has 1 aliphatic rings. The first kappa shape index (κ1) is 45.1. The number of nitrogens with one attached hydrogen (secondary N) is 2. The van der Waals surface area contributed by atoms with Gasteiger partial charge < -0.3 is 35.4 Å². The van der Waals surface area contributed by atoms with E-state index in [4.69, 9.17) is 24.6 Å². The highest BCUT2D eigenvalue weighted by molar-refractivity contribution is 7.99. The van der Waals surface area contributed by atoms with Crippen molar-refractivity contribution in [2.45, 2.75) is 81.8 Å². The minimum atomic E-state index is -0.644. The van der Waals surface area contributed by atoms with Crippen molar-refractivity contribution >= 4 is 35.0 Å². The minimum absolute atomic E-state index is 0.00524. The Labute approximate surface area is 384 Å². The van der Waals surface area contributed by atoms with Gasteiger partial charge in [0.1, 0.15) is 5.69 Å². The van der Waals surface area contributed by atoms with E-state index in [1.807, 2.05) is 121 Å². The first-order chi connectivity index (χ1) is 31.9. The first-order valence-corrected chi connectivity index (χ1v) is 23.2. The van der Waals surface area contributed by atoms with Crippen molar-refractivity contribution in [3.8, 4) is 33.7 Å². The van der Waals surface area contributed by atoms with Gasteiger partial charge in [-0.05, 0) is 64.9 Å². The topological polar surface area (TPSA) is 149 Å². The molecule has 7 aromatic rings. The van der Waals surface area contributed by atoms with Gasteiger partial charge in [-0.25, -0.2) is 4.98 Å². The quantitative estimate of drug-likeness (QED) is 0.0354. The van der Waals surface area contributed by atoms with E-state index in [1.165, 1.54) is 11.8 Å². The summed E-state index contributed by atoms with van der Waals surface area (Å²) in [5, 5.41) is 16.2. The number of carbonyl (C=O) groups is 2. The van der Waals surface area contributed by atoms with E-state index in [9.17, 15) is 14.7 Å². The van der Waals surface area contributed by atoms with Crippen LogP contribution in [0.15, 0.2) is 167 Å². The Bertz CT molecular complexity index is 2580. The molecule has 10 nitrogen and oxygen atoms in total. The van der Waals surface area contributed by atoms with Gasteiger partial charge >= 0.3 is 0 Å². The molecule has 1 saturated heterocycles. The van der Waals surface area contributed by atoms with Gasteiger partial charge in [-0.1, -0.05) is 158 Å². The molecule has 65 heavy (non-hydrogen) atoms. The molecule has 5 N–H and O–H groups in total. The number of unbranched alkanes of at least 4 members (excludes halogenated alkanes) is 3. The number of hydrogen-bond donors (Lipinski definition) is 4. The smallest absolute Gasteiger partial charge is 0.256 e. The molecular weight excluding hydrogens is 833 g/mol. The van der Waals surface area contributed by atoms with Gasteiger partial charge in [0, 0.05) is 48.3 Å². The standard InChI is InChI=1S/C54H54N4O6S/c55-46-23-11-12-24-47(46)57-50(61)26-10-2-1-9-25-49(60)56-34-38-15-13-20-42(31-38)43-21-14-22-44(32-43)53-62-45(33-48(63-53)39-29-27-37(35-59)28-30-39)36-65-54-58-51(40-16-5-3-6-17-40)52(64-54)41-18-7-4-8-19-41/h3-8,11-24,27-32,45,48,53,59H,1-2,9-10,25-26,33-36,55H2,(H,56,60)(H,57,61)/t45-,48+,53+/m0/s1. The number of nitrogens with two attached hydrogens (primary N) is 1. The summed E-state index contributed by atoms with van der Waals surface area (Å²) < 4.78 is 19.9. The summed E-state index contributed by atoms with van der Waals surface area (Å²) >= 11 is 1.53. The first-order valence-electron chi connectivity index (χ1n) is 22.2. The van der Waals surface area contributed by atoms with Crippen LogP contribution < -0.4 is 16.4 Å². The number of rotatable bonds is 19. The molecule has 0 bridgehead atoms. The lowest BCUT2D eigenvalue weighted by Gasteiger charge is -2.36. The molecule has 0 spiro atoms. The van der Waals surface area contributed by atoms with Gasteiger partial charge in [-0.3, -0.25) is 9.59 Å². The zero-order valence-corrected chi connectivity index (χ0v) is 37.1. The fraction of sp³-hybridized carbons (Fsp3) is 0.241. The van der Waals surface area contributed by atoms with Crippen molar-refractivity contribution in [1.29, 1.82) is 0 Å². The predicted molar refractivity (Wildman–Crippen MR) is 257 cm³/mol. The van der Waals surface area contributed by atoms with E-state index in [-0.39, 0.29) is 30.6 Å². The van der Waals surface area contributed by atoms with E-state index in [1.54, 1.807) is 12.1 Å². The molecule has 6 aromatic carbocycles. The fourth-order valence-corrected chi connectivity index (χ4v) is 8.73. The number of para-hydroxylation sites is 2. The number of carbonyl (C=O) groups excluding carboxylic acids is 2.